The number of nitrogens with one attached hydrogen (secondary N) is 2. The Morgan fingerprint density at radius 1 is 0.433 bits per heavy atom. The molecule has 0 aromatic heterocycles. The zero-order valence-electron chi connectivity index (χ0n) is 18.3. The molecule has 0 aliphatic rings. The van der Waals surface area contributed by atoms with Gasteiger partial charge in [-0.1, -0.05) is 86.0 Å². The number of unbranched alkanes of at least 4 members (excludes halogenated alkanes) is 7. The van der Waals surface area contributed by atoms with Crippen LogP contribution in [-0.4, -0.2) is 26.2 Å². The van der Waals surface area contributed by atoms with Crippen LogP contribution in [-0.2, 0) is 12.8 Å². The predicted molar refractivity (Wildman–Crippen MR) is 133 cm³/mol. The fourth-order valence-corrected chi connectivity index (χ4v) is 3.83. The lowest BCUT2D eigenvalue weighted by Gasteiger charge is -2.06. The lowest BCUT2D eigenvalue weighted by atomic mass is 10.1. The molecule has 0 unspecified atom stereocenters. The van der Waals surface area contributed by atoms with Crippen molar-refractivity contribution in [3.63, 3.8) is 0 Å². The van der Waals surface area contributed by atoms with E-state index in [1.807, 2.05) is 24.3 Å². The molecular weight excluding hydrogens is 411 g/mol. The van der Waals surface area contributed by atoms with E-state index in [-0.39, 0.29) is 0 Å². The third kappa shape index (κ3) is 12.6. The average molecular weight is 450 g/mol. The molecule has 0 saturated carbocycles. The molecule has 2 aromatic carbocycles. The highest BCUT2D eigenvalue weighted by Crippen LogP contribution is 2.11. The summed E-state index contributed by atoms with van der Waals surface area (Å²) in [7, 11) is 0. The average Bonchev–Trinajstić information content (AvgIpc) is 2.76. The smallest absolute Gasteiger partial charge is 0.0406 e. The maximum absolute atomic E-state index is 5.91. The second-order valence-corrected chi connectivity index (χ2v) is 8.95. The minimum absolute atomic E-state index is 0.814. The van der Waals surface area contributed by atoms with Crippen LogP contribution in [0.2, 0.25) is 10.0 Å². The van der Waals surface area contributed by atoms with Crippen LogP contribution in [0.1, 0.15) is 62.5 Å². The Morgan fingerprint density at radius 3 is 1.13 bits per heavy atom. The molecule has 0 aliphatic heterocycles. The molecule has 0 aliphatic carbocycles. The standard InChI is InChI=1S/C26H38Cl2N2/c27-25-13-9-23(10-14-25)17-21-29-19-7-5-3-1-2-4-6-8-20-30-22-18-24-11-15-26(28)16-12-24/h9-16,29-30H,1-8,17-22H2. The van der Waals surface area contributed by atoms with Crippen molar-refractivity contribution in [2.75, 3.05) is 26.2 Å². The second-order valence-electron chi connectivity index (χ2n) is 8.08. The van der Waals surface area contributed by atoms with E-state index in [1.54, 1.807) is 0 Å². The van der Waals surface area contributed by atoms with Gasteiger partial charge in [0, 0.05) is 10.0 Å². The summed E-state index contributed by atoms with van der Waals surface area (Å²) >= 11 is 11.8. The van der Waals surface area contributed by atoms with Crippen LogP contribution < -0.4 is 10.6 Å². The highest BCUT2D eigenvalue weighted by atomic mass is 35.5. The van der Waals surface area contributed by atoms with Gasteiger partial charge in [0.25, 0.3) is 0 Å². The Balaban J connectivity index is 1.27. The van der Waals surface area contributed by atoms with E-state index in [0.717, 1.165) is 49.1 Å². The number of benzene rings is 2. The van der Waals surface area contributed by atoms with Crippen molar-refractivity contribution in [1.29, 1.82) is 0 Å². The molecule has 166 valence electrons. The van der Waals surface area contributed by atoms with Gasteiger partial charge in [-0.05, 0) is 87.3 Å². The number of rotatable bonds is 17. The minimum atomic E-state index is 0.814. The molecule has 2 rings (SSSR count). The van der Waals surface area contributed by atoms with Gasteiger partial charge in [0.15, 0.2) is 0 Å². The maximum Gasteiger partial charge on any atom is 0.0406 e. The van der Waals surface area contributed by atoms with Crippen LogP contribution in [0.5, 0.6) is 0 Å². The Morgan fingerprint density at radius 2 is 0.767 bits per heavy atom. The quantitative estimate of drug-likeness (QED) is 0.252. The van der Waals surface area contributed by atoms with Crippen molar-refractivity contribution in [1.82, 2.24) is 10.6 Å². The third-order valence-corrected chi connectivity index (χ3v) is 5.97. The molecule has 0 radical (unpaired) electrons. The molecule has 4 heteroatoms. The molecule has 2 nitrogen and oxygen atoms in total. The molecule has 0 spiro atoms. The fourth-order valence-electron chi connectivity index (χ4n) is 3.58. The van der Waals surface area contributed by atoms with Crippen LogP contribution >= 0.6 is 23.2 Å². The maximum atomic E-state index is 5.91. The molecule has 0 fully saturated rings. The molecule has 2 aromatic rings. The summed E-state index contributed by atoms with van der Waals surface area (Å²) in [6, 6.07) is 16.3. The summed E-state index contributed by atoms with van der Waals surface area (Å²) in [6.45, 7) is 4.37. The Kier molecular flexibility index (Phi) is 14.0. The van der Waals surface area contributed by atoms with Crippen LogP contribution in [0.4, 0.5) is 0 Å². The Labute approximate surface area is 193 Å². The topological polar surface area (TPSA) is 24.1 Å². The van der Waals surface area contributed by atoms with Gasteiger partial charge in [-0.3, -0.25) is 0 Å². The highest BCUT2D eigenvalue weighted by molar-refractivity contribution is 6.30. The number of hydrogen-bond donors (Lipinski definition) is 2. The third-order valence-electron chi connectivity index (χ3n) is 5.46. The monoisotopic (exact) mass is 448 g/mol. The van der Waals surface area contributed by atoms with Crippen molar-refractivity contribution >= 4 is 23.2 Å². The normalized spacial score (nSPS) is 11.1. The summed E-state index contributed by atoms with van der Waals surface area (Å²) in [5.74, 6) is 0. The number of hydrogen-bond acceptors (Lipinski definition) is 2. The first-order valence-corrected chi connectivity index (χ1v) is 12.4. The Hall–Kier alpha value is -1.06. The lowest BCUT2D eigenvalue weighted by molar-refractivity contribution is 0.541. The fraction of sp³-hybridized carbons (Fsp3) is 0.538. The first-order chi connectivity index (χ1) is 14.7. The highest BCUT2D eigenvalue weighted by Gasteiger charge is 1.96. The molecule has 0 heterocycles. The first-order valence-electron chi connectivity index (χ1n) is 11.6. The lowest BCUT2D eigenvalue weighted by Crippen LogP contribution is -2.18. The van der Waals surface area contributed by atoms with Gasteiger partial charge in [0.1, 0.15) is 0 Å². The van der Waals surface area contributed by atoms with Gasteiger partial charge >= 0.3 is 0 Å². The minimum Gasteiger partial charge on any atom is -0.316 e. The van der Waals surface area contributed by atoms with Gasteiger partial charge in [0.2, 0.25) is 0 Å². The van der Waals surface area contributed by atoms with E-state index in [0.29, 0.717) is 0 Å². The predicted octanol–water partition coefficient (Wildman–Crippen LogP) is 7.08. The Bertz CT molecular complexity index is 596. The van der Waals surface area contributed by atoms with Crippen LogP contribution in [0.25, 0.3) is 0 Å². The molecule has 2 N–H and O–H groups in total. The van der Waals surface area contributed by atoms with Crippen LogP contribution in [0.15, 0.2) is 48.5 Å². The van der Waals surface area contributed by atoms with E-state index in [9.17, 15) is 0 Å². The largest absolute Gasteiger partial charge is 0.316 e. The van der Waals surface area contributed by atoms with Gasteiger partial charge in [0.05, 0.1) is 0 Å². The van der Waals surface area contributed by atoms with E-state index >= 15 is 0 Å². The molecular formula is C26H38Cl2N2. The molecule has 0 atom stereocenters. The van der Waals surface area contributed by atoms with Crippen molar-refractivity contribution < 1.29 is 0 Å². The summed E-state index contributed by atoms with van der Waals surface area (Å²) in [4.78, 5) is 0. The van der Waals surface area contributed by atoms with Gasteiger partial charge in [-0.2, -0.15) is 0 Å². The van der Waals surface area contributed by atoms with Crippen LogP contribution in [0.3, 0.4) is 0 Å². The van der Waals surface area contributed by atoms with Crippen LogP contribution in [0, 0.1) is 0 Å². The zero-order chi connectivity index (χ0) is 21.3. The van der Waals surface area contributed by atoms with Crippen molar-refractivity contribution in [3.05, 3.63) is 69.7 Å². The van der Waals surface area contributed by atoms with Crippen molar-refractivity contribution in [2.24, 2.45) is 0 Å². The van der Waals surface area contributed by atoms with Crippen molar-refractivity contribution in [2.45, 2.75) is 64.2 Å². The van der Waals surface area contributed by atoms with E-state index < -0.39 is 0 Å². The van der Waals surface area contributed by atoms with E-state index in [2.05, 4.69) is 34.9 Å². The summed E-state index contributed by atoms with van der Waals surface area (Å²) in [6.07, 6.45) is 12.9. The summed E-state index contributed by atoms with van der Waals surface area (Å²) in [5.41, 5.74) is 2.70. The van der Waals surface area contributed by atoms with E-state index in [1.165, 1.54) is 62.5 Å². The summed E-state index contributed by atoms with van der Waals surface area (Å²) in [5, 5.41) is 8.73. The molecule has 0 bridgehead atoms. The first kappa shape index (κ1) is 25.2. The SMILES string of the molecule is Clc1ccc(CCNCCCCCCCCCCNCCc2ccc(Cl)cc2)cc1. The zero-order valence-corrected chi connectivity index (χ0v) is 19.8. The van der Waals surface area contributed by atoms with E-state index in [4.69, 9.17) is 23.2 Å². The van der Waals surface area contributed by atoms with Gasteiger partial charge < -0.3 is 10.6 Å². The molecule has 30 heavy (non-hydrogen) atoms. The summed E-state index contributed by atoms with van der Waals surface area (Å²) < 4.78 is 0. The van der Waals surface area contributed by atoms with Gasteiger partial charge in [-0.25, -0.2) is 0 Å². The molecule has 0 amide bonds. The second kappa shape index (κ2) is 16.6. The van der Waals surface area contributed by atoms with Gasteiger partial charge in [-0.15, -0.1) is 0 Å². The van der Waals surface area contributed by atoms with Crippen molar-refractivity contribution in [3.8, 4) is 0 Å². The molecule has 0 saturated heterocycles. The number of halogens is 2.